The molecule has 0 spiro atoms. The van der Waals surface area contributed by atoms with Crippen LogP contribution in [0.25, 0.3) is 0 Å². The van der Waals surface area contributed by atoms with E-state index in [-0.39, 0.29) is 18.1 Å². The molecule has 0 radical (unpaired) electrons. The van der Waals surface area contributed by atoms with Gasteiger partial charge in [-0.05, 0) is 26.8 Å². The quantitative estimate of drug-likeness (QED) is 0.840. The number of nitrogens with one attached hydrogen (secondary N) is 2. The summed E-state index contributed by atoms with van der Waals surface area (Å²) < 4.78 is 5.63. The second-order valence-electron chi connectivity index (χ2n) is 6.23. The average Bonchev–Trinajstić information content (AvgIpc) is 2.32. The van der Waals surface area contributed by atoms with Crippen LogP contribution in [-0.4, -0.2) is 24.1 Å². The van der Waals surface area contributed by atoms with Crippen LogP contribution in [-0.2, 0) is 11.3 Å². The first-order valence-corrected chi connectivity index (χ1v) is 7.03. The van der Waals surface area contributed by atoms with Crippen LogP contribution in [0.4, 0.5) is 0 Å². The molecule has 1 amide bonds. The molecule has 0 aliphatic carbocycles. The largest absolute Gasteiger partial charge is 0.483 e. The molecule has 112 valence electrons. The molecule has 0 saturated carbocycles. The van der Waals surface area contributed by atoms with Crippen molar-refractivity contribution >= 4 is 5.91 Å². The number of carbonyl (C=O) groups is 1. The van der Waals surface area contributed by atoms with Gasteiger partial charge >= 0.3 is 0 Å². The Morgan fingerprint density at radius 1 is 1.25 bits per heavy atom. The second kappa shape index (κ2) is 7.29. The molecule has 1 rings (SSSR count). The van der Waals surface area contributed by atoms with Gasteiger partial charge in [0.25, 0.3) is 5.91 Å². The fourth-order valence-corrected chi connectivity index (χ4v) is 1.70. The number of para-hydroxylation sites is 1. The van der Waals surface area contributed by atoms with Crippen LogP contribution in [0.1, 0.15) is 40.2 Å². The lowest BCUT2D eigenvalue weighted by molar-refractivity contribution is -0.124. The summed E-state index contributed by atoms with van der Waals surface area (Å²) in [5, 5.41) is 6.23. The Hall–Kier alpha value is -1.55. The van der Waals surface area contributed by atoms with Crippen molar-refractivity contribution in [3.05, 3.63) is 29.8 Å². The summed E-state index contributed by atoms with van der Waals surface area (Å²) >= 11 is 0. The maximum absolute atomic E-state index is 11.8. The lowest BCUT2D eigenvalue weighted by atomic mass is 10.1. The van der Waals surface area contributed by atoms with E-state index in [2.05, 4.69) is 24.5 Å². The van der Waals surface area contributed by atoms with Crippen molar-refractivity contribution in [1.82, 2.24) is 10.6 Å². The van der Waals surface area contributed by atoms with Gasteiger partial charge in [0, 0.05) is 23.7 Å². The smallest absolute Gasteiger partial charge is 0.258 e. The van der Waals surface area contributed by atoms with Gasteiger partial charge in [0.1, 0.15) is 5.75 Å². The number of hydrogen-bond acceptors (Lipinski definition) is 3. The second-order valence-corrected chi connectivity index (χ2v) is 6.23. The van der Waals surface area contributed by atoms with E-state index in [0.717, 1.165) is 17.9 Å². The van der Waals surface area contributed by atoms with Gasteiger partial charge in [-0.15, -0.1) is 0 Å². The molecule has 0 atom stereocenters. The fraction of sp³-hybridized carbons (Fsp3) is 0.562. The Morgan fingerprint density at radius 2 is 1.90 bits per heavy atom. The lowest BCUT2D eigenvalue weighted by Gasteiger charge is -2.21. The van der Waals surface area contributed by atoms with Gasteiger partial charge in [-0.25, -0.2) is 0 Å². The summed E-state index contributed by atoms with van der Waals surface area (Å²) in [5.41, 5.74) is 0.823. The van der Waals surface area contributed by atoms with Crippen LogP contribution in [0.3, 0.4) is 0 Å². The van der Waals surface area contributed by atoms with Gasteiger partial charge in [0.05, 0.1) is 0 Å². The zero-order valence-corrected chi connectivity index (χ0v) is 13.1. The Labute approximate surface area is 121 Å². The summed E-state index contributed by atoms with van der Waals surface area (Å²) in [4.78, 5) is 11.8. The van der Waals surface area contributed by atoms with Crippen molar-refractivity contribution in [1.29, 1.82) is 0 Å². The van der Waals surface area contributed by atoms with Gasteiger partial charge in [0.2, 0.25) is 0 Å². The molecule has 4 heteroatoms. The molecule has 1 aromatic carbocycles. The maximum atomic E-state index is 11.8. The molecule has 0 bridgehead atoms. The molecule has 2 N–H and O–H groups in total. The Kier molecular flexibility index (Phi) is 6.02. The van der Waals surface area contributed by atoms with E-state index in [1.807, 2.05) is 45.0 Å². The van der Waals surface area contributed by atoms with Gasteiger partial charge in [0.15, 0.2) is 6.61 Å². The van der Waals surface area contributed by atoms with E-state index < -0.39 is 0 Å². The van der Waals surface area contributed by atoms with Crippen molar-refractivity contribution in [2.24, 2.45) is 0 Å². The highest BCUT2D eigenvalue weighted by atomic mass is 16.5. The van der Waals surface area contributed by atoms with E-state index in [0.29, 0.717) is 6.04 Å². The molecule has 0 heterocycles. The molecular weight excluding hydrogens is 252 g/mol. The molecule has 0 saturated heterocycles. The minimum atomic E-state index is -0.237. The Bertz CT molecular complexity index is 436. The third-order valence-corrected chi connectivity index (χ3v) is 2.55. The number of carbonyl (C=O) groups excluding carboxylic acids is 1. The fourth-order valence-electron chi connectivity index (χ4n) is 1.70. The molecule has 0 unspecified atom stereocenters. The number of amides is 1. The van der Waals surface area contributed by atoms with Gasteiger partial charge < -0.3 is 15.4 Å². The van der Waals surface area contributed by atoms with Crippen LogP contribution in [0.2, 0.25) is 0 Å². The first-order valence-electron chi connectivity index (χ1n) is 7.03. The minimum Gasteiger partial charge on any atom is -0.483 e. The molecular formula is C16H26N2O2. The van der Waals surface area contributed by atoms with E-state index in [9.17, 15) is 4.79 Å². The molecule has 0 aromatic heterocycles. The van der Waals surface area contributed by atoms with E-state index in [1.54, 1.807) is 0 Å². The zero-order chi connectivity index (χ0) is 15.2. The van der Waals surface area contributed by atoms with Crippen molar-refractivity contribution in [2.75, 3.05) is 6.61 Å². The Balaban J connectivity index is 2.57. The highest BCUT2D eigenvalue weighted by Crippen LogP contribution is 2.17. The minimum absolute atomic E-state index is 0.0377. The SMILES string of the molecule is CC(C)NCc1ccccc1OCC(=O)NC(C)(C)C. The van der Waals surface area contributed by atoms with Crippen LogP contribution < -0.4 is 15.4 Å². The van der Waals surface area contributed by atoms with Crippen LogP contribution in [0.15, 0.2) is 24.3 Å². The first-order chi connectivity index (χ1) is 9.28. The van der Waals surface area contributed by atoms with Crippen LogP contribution in [0.5, 0.6) is 5.75 Å². The third-order valence-electron chi connectivity index (χ3n) is 2.55. The monoisotopic (exact) mass is 278 g/mol. The standard InChI is InChI=1S/C16H26N2O2/c1-12(2)17-10-13-8-6-7-9-14(13)20-11-15(19)18-16(3,4)5/h6-9,12,17H,10-11H2,1-5H3,(H,18,19). The number of ether oxygens (including phenoxy) is 1. The predicted molar refractivity (Wildman–Crippen MR) is 81.8 cm³/mol. The number of rotatable bonds is 6. The summed E-state index contributed by atoms with van der Waals surface area (Å²) in [6.45, 7) is 10.8. The van der Waals surface area contributed by atoms with Crippen molar-refractivity contribution in [3.63, 3.8) is 0 Å². The lowest BCUT2D eigenvalue weighted by Crippen LogP contribution is -2.43. The molecule has 0 aliphatic rings. The van der Waals surface area contributed by atoms with Gasteiger partial charge in [-0.2, -0.15) is 0 Å². The van der Waals surface area contributed by atoms with Gasteiger partial charge in [-0.3, -0.25) is 4.79 Å². The summed E-state index contributed by atoms with van der Waals surface area (Å²) in [6, 6.07) is 8.19. The van der Waals surface area contributed by atoms with Crippen molar-refractivity contribution in [2.45, 2.75) is 52.7 Å². The van der Waals surface area contributed by atoms with Crippen LogP contribution >= 0.6 is 0 Å². The van der Waals surface area contributed by atoms with Crippen LogP contribution in [0, 0.1) is 0 Å². The molecule has 0 aliphatic heterocycles. The summed E-state index contributed by atoms with van der Waals surface area (Å²) in [5.74, 6) is 0.647. The van der Waals surface area contributed by atoms with E-state index in [1.165, 1.54) is 0 Å². The van der Waals surface area contributed by atoms with E-state index >= 15 is 0 Å². The van der Waals surface area contributed by atoms with E-state index in [4.69, 9.17) is 4.74 Å². The molecule has 4 nitrogen and oxygen atoms in total. The molecule has 20 heavy (non-hydrogen) atoms. The normalized spacial score (nSPS) is 11.5. The average molecular weight is 278 g/mol. The highest BCUT2D eigenvalue weighted by molar-refractivity contribution is 5.78. The predicted octanol–water partition coefficient (Wildman–Crippen LogP) is 2.48. The summed E-state index contributed by atoms with van der Waals surface area (Å²) in [7, 11) is 0. The zero-order valence-electron chi connectivity index (χ0n) is 13.1. The number of benzene rings is 1. The third kappa shape index (κ3) is 6.57. The van der Waals surface area contributed by atoms with Crippen molar-refractivity contribution in [3.8, 4) is 5.75 Å². The Morgan fingerprint density at radius 3 is 2.50 bits per heavy atom. The molecule has 0 fully saturated rings. The van der Waals surface area contributed by atoms with Crippen molar-refractivity contribution < 1.29 is 9.53 Å². The van der Waals surface area contributed by atoms with Gasteiger partial charge in [-0.1, -0.05) is 32.0 Å². The highest BCUT2D eigenvalue weighted by Gasteiger charge is 2.14. The summed E-state index contributed by atoms with van der Waals surface area (Å²) in [6.07, 6.45) is 0. The maximum Gasteiger partial charge on any atom is 0.258 e. The molecule has 1 aromatic rings. The number of hydrogen-bond donors (Lipinski definition) is 2. The topological polar surface area (TPSA) is 50.4 Å². The first kappa shape index (κ1) is 16.5.